The van der Waals surface area contributed by atoms with Crippen LogP contribution >= 0.6 is 22.9 Å². The second-order valence-electron chi connectivity index (χ2n) is 9.66. The van der Waals surface area contributed by atoms with Crippen molar-refractivity contribution >= 4 is 40.6 Å². The number of hydrogen-bond acceptors (Lipinski definition) is 4. The fourth-order valence-electron chi connectivity index (χ4n) is 5.20. The molecule has 2 atom stereocenters. The van der Waals surface area contributed by atoms with Crippen molar-refractivity contribution in [1.29, 1.82) is 0 Å². The van der Waals surface area contributed by atoms with Gasteiger partial charge in [0.05, 0.1) is 12.6 Å². The van der Waals surface area contributed by atoms with Gasteiger partial charge >= 0.3 is 6.03 Å². The predicted octanol–water partition coefficient (Wildman–Crippen LogP) is 5.42. The van der Waals surface area contributed by atoms with Gasteiger partial charge in [0.2, 0.25) is 5.91 Å². The van der Waals surface area contributed by atoms with Crippen LogP contribution in [0.4, 0.5) is 10.5 Å². The number of aryl methyl sites for hydroxylation is 1. The number of hydrogen-bond donors (Lipinski definition) is 1. The minimum Gasteiger partial charge on any atom is -0.338 e. The molecular formula is C28H31ClN4O2S. The fourth-order valence-corrected chi connectivity index (χ4v) is 6.29. The van der Waals surface area contributed by atoms with Crippen LogP contribution in [0.1, 0.15) is 34.5 Å². The Labute approximate surface area is 221 Å². The van der Waals surface area contributed by atoms with Crippen LogP contribution in [-0.2, 0) is 11.2 Å². The van der Waals surface area contributed by atoms with Crippen LogP contribution < -0.4 is 5.32 Å². The number of nitrogens with one attached hydrogen (secondary N) is 1. The Balaban J connectivity index is 1.24. The number of rotatable bonds is 4. The molecule has 0 aliphatic carbocycles. The molecule has 3 heterocycles. The molecular weight excluding hydrogens is 492 g/mol. The number of amides is 3. The van der Waals surface area contributed by atoms with Crippen molar-refractivity contribution in [1.82, 2.24) is 14.7 Å². The van der Waals surface area contributed by atoms with Gasteiger partial charge in [0, 0.05) is 47.8 Å². The summed E-state index contributed by atoms with van der Waals surface area (Å²) < 4.78 is 0. The van der Waals surface area contributed by atoms with Crippen LogP contribution in [0.15, 0.2) is 60.0 Å². The summed E-state index contributed by atoms with van der Waals surface area (Å²) in [7, 11) is 0. The summed E-state index contributed by atoms with van der Waals surface area (Å²) in [4.78, 5) is 33.7. The second-order valence-corrected chi connectivity index (χ2v) is 11.1. The molecule has 8 heteroatoms. The number of halogens is 1. The topological polar surface area (TPSA) is 55.9 Å². The molecule has 0 spiro atoms. The first-order valence-corrected chi connectivity index (χ1v) is 13.6. The maximum absolute atomic E-state index is 13.5. The van der Waals surface area contributed by atoms with Crippen LogP contribution in [0, 0.1) is 6.92 Å². The number of piperazine rings is 1. The number of nitrogens with zero attached hydrogens (tertiary/aromatic N) is 3. The number of anilines is 1. The monoisotopic (exact) mass is 522 g/mol. The third-order valence-electron chi connectivity index (χ3n) is 7.11. The van der Waals surface area contributed by atoms with Gasteiger partial charge < -0.3 is 15.1 Å². The van der Waals surface area contributed by atoms with E-state index in [2.05, 4.69) is 52.9 Å². The summed E-state index contributed by atoms with van der Waals surface area (Å²) in [6.45, 7) is 6.86. The SMILES string of the molecule is Cc1ccc([C@H]2c3ccsc3CCN2CC(=O)N2CCN(C(=O)Nc3cccc(Cl)c3)[C@@H](C)C2)cc1. The Hall–Kier alpha value is -2.87. The van der Waals surface area contributed by atoms with E-state index in [-0.39, 0.29) is 24.0 Å². The average Bonchev–Trinajstić information content (AvgIpc) is 3.33. The average molecular weight is 523 g/mol. The summed E-state index contributed by atoms with van der Waals surface area (Å²) in [5.41, 5.74) is 4.44. The normalized spacial score (nSPS) is 20.2. The molecule has 6 nitrogen and oxygen atoms in total. The lowest BCUT2D eigenvalue weighted by Crippen LogP contribution is -2.58. The number of thiophene rings is 1. The molecule has 2 aliphatic rings. The molecule has 3 aromatic rings. The first-order chi connectivity index (χ1) is 17.4. The standard InChI is InChI=1S/C28H31ClN4O2S/c1-19-6-8-21(9-7-19)27-24-11-15-36-25(24)10-12-32(27)18-26(34)31-13-14-33(20(2)17-31)28(35)30-23-5-3-4-22(29)16-23/h3-9,11,15-16,20,27H,10,12-14,17-18H2,1-2H3,(H,30,35)/t20-,27-/m0/s1. The zero-order valence-electron chi connectivity index (χ0n) is 20.6. The zero-order chi connectivity index (χ0) is 25.2. The molecule has 1 saturated heterocycles. The summed E-state index contributed by atoms with van der Waals surface area (Å²) in [6, 6.07) is 17.8. The lowest BCUT2D eigenvalue weighted by atomic mass is 9.92. The maximum Gasteiger partial charge on any atom is 0.322 e. The van der Waals surface area contributed by atoms with Gasteiger partial charge in [-0.15, -0.1) is 11.3 Å². The Morgan fingerprint density at radius 3 is 2.64 bits per heavy atom. The summed E-state index contributed by atoms with van der Waals surface area (Å²) in [5.74, 6) is 0.118. The van der Waals surface area contributed by atoms with E-state index in [1.807, 2.05) is 35.3 Å². The van der Waals surface area contributed by atoms with Crippen molar-refractivity contribution in [2.24, 2.45) is 0 Å². The number of carbonyl (C=O) groups excluding carboxylic acids is 2. The third kappa shape index (κ3) is 5.28. The summed E-state index contributed by atoms with van der Waals surface area (Å²) >= 11 is 7.85. The molecule has 3 amide bonds. The highest BCUT2D eigenvalue weighted by molar-refractivity contribution is 7.10. The molecule has 2 aliphatic heterocycles. The molecule has 0 saturated carbocycles. The fraction of sp³-hybridized carbons (Fsp3) is 0.357. The van der Waals surface area contributed by atoms with E-state index in [1.165, 1.54) is 21.6 Å². The molecule has 1 fully saturated rings. The number of carbonyl (C=O) groups is 2. The Morgan fingerprint density at radius 1 is 1.08 bits per heavy atom. The first-order valence-electron chi connectivity index (χ1n) is 12.4. The molecule has 0 unspecified atom stereocenters. The number of urea groups is 1. The van der Waals surface area contributed by atoms with Gasteiger partial charge in [-0.3, -0.25) is 9.69 Å². The quantitative estimate of drug-likeness (QED) is 0.497. The van der Waals surface area contributed by atoms with E-state index >= 15 is 0 Å². The minimum absolute atomic E-state index is 0.0837. The van der Waals surface area contributed by atoms with Crippen LogP contribution in [0.2, 0.25) is 5.02 Å². The van der Waals surface area contributed by atoms with Crippen LogP contribution in [0.5, 0.6) is 0 Å². The minimum atomic E-state index is -0.169. The van der Waals surface area contributed by atoms with Crippen molar-refractivity contribution in [2.75, 3.05) is 38.0 Å². The van der Waals surface area contributed by atoms with Crippen LogP contribution in [0.25, 0.3) is 0 Å². The van der Waals surface area contributed by atoms with Gasteiger partial charge in [0.15, 0.2) is 0 Å². The van der Waals surface area contributed by atoms with Crippen molar-refractivity contribution in [3.63, 3.8) is 0 Å². The maximum atomic E-state index is 13.5. The first kappa shape index (κ1) is 24.8. The van der Waals surface area contributed by atoms with Gasteiger partial charge in [0.1, 0.15) is 0 Å². The second kappa shape index (κ2) is 10.6. The van der Waals surface area contributed by atoms with Crippen LogP contribution in [0.3, 0.4) is 0 Å². The molecule has 188 valence electrons. The lowest BCUT2D eigenvalue weighted by molar-refractivity contribution is -0.135. The highest BCUT2D eigenvalue weighted by Crippen LogP contribution is 2.37. The highest BCUT2D eigenvalue weighted by Gasteiger charge is 2.34. The van der Waals surface area contributed by atoms with Gasteiger partial charge in [-0.25, -0.2) is 4.79 Å². The molecule has 5 rings (SSSR count). The van der Waals surface area contributed by atoms with E-state index in [0.717, 1.165) is 13.0 Å². The van der Waals surface area contributed by atoms with E-state index in [4.69, 9.17) is 11.6 Å². The van der Waals surface area contributed by atoms with Crippen molar-refractivity contribution in [3.8, 4) is 0 Å². The van der Waals surface area contributed by atoms with Crippen molar-refractivity contribution < 1.29 is 9.59 Å². The van der Waals surface area contributed by atoms with Gasteiger partial charge in [-0.1, -0.05) is 47.5 Å². The lowest BCUT2D eigenvalue weighted by Gasteiger charge is -2.41. The smallest absolute Gasteiger partial charge is 0.322 e. The zero-order valence-corrected chi connectivity index (χ0v) is 22.2. The number of benzene rings is 2. The summed E-state index contributed by atoms with van der Waals surface area (Å²) in [5, 5.41) is 5.65. The molecule has 0 radical (unpaired) electrons. The van der Waals surface area contributed by atoms with Crippen molar-refractivity contribution in [3.05, 3.63) is 86.6 Å². The van der Waals surface area contributed by atoms with E-state index in [0.29, 0.717) is 36.9 Å². The molecule has 36 heavy (non-hydrogen) atoms. The van der Waals surface area contributed by atoms with Gasteiger partial charge in [-0.05, 0) is 61.0 Å². The molecule has 1 aromatic heterocycles. The van der Waals surface area contributed by atoms with E-state index in [1.54, 1.807) is 17.0 Å². The third-order valence-corrected chi connectivity index (χ3v) is 8.35. The Bertz CT molecular complexity index is 1240. The van der Waals surface area contributed by atoms with E-state index in [9.17, 15) is 9.59 Å². The largest absolute Gasteiger partial charge is 0.338 e. The molecule has 0 bridgehead atoms. The van der Waals surface area contributed by atoms with Crippen LogP contribution in [-0.4, -0.2) is 65.4 Å². The molecule has 1 N–H and O–H groups in total. The van der Waals surface area contributed by atoms with Gasteiger partial charge in [-0.2, -0.15) is 0 Å². The van der Waals surface area contributed by atoms with E-state index < -0.39 is 0 Å². The Morgan fingerprint density at radius 2 is 1.89 bits per heavy atom. The highest BCUT2D eigenvalue weighted by atomic mass is 35.5. The van der Waals surface area contributed by atoms with Crippen molar-refractivity contribution in [2.45, 2.75) is 32.4 Å². The van der Waals surface area contributed by atoms with Gasteiger partial charge in [0.25, 0.3) is 0 Å². The Kier molecular flexibility index (Phi) is 7.32. The summed E-state index contributed by atoms with van der Waals surface area (Å²) in [6.07, 6.45) is 0.969. The predicted molar refractivity (Wildman–Crippen MR) is 146 cm³/mol. The number of fused-ring (bicyclic) bond motifs is 1. The molecule has 2 aromatic carbocycles.